The van der Waals surface area contributed by atoms with Crippen molar-refractivity contribution in [3.05, 3.63) is 41.7 Å². The Kier molecular flexibility index (Phi) is 4.21. The van der Waals surface area contributed by atoms with Gasteiger partial charge in [-0.1, -0.05) is 18.2 Å². The molecule has 1 amide bonds. The number of halogens is 1. The minimum atomic E-state index is -1.02. The molecule has 1 aromatic carbocycles. The quantitative estimate of drug-likeness (QED) is 0.859. The van der Waals surface area contributed by atoms with Crippen LogP contribution in [0.25, 0.3) is 6.08 Å². The largest absolute Gasteiger partial charge is 0.480 e. The van der Waals surface area contributed by atoms with Crippen molar-refractivity contribution < 1.29 is 19.1 Å². The van der Waals surface area contributed by atoms with Crippen molar-refractivity contribution in [1.29, 1.82) is 0 Å². The molecular weight excluding hydrogens is 269 g/mol. The van der Waals surface area contributed by atoms with Gasteiger partial charge < -0.3 is 10.0 Å². The van der Waals surface area contributed by atoms with Crippen molar-refractivity contribution in [2.45, 2.75) is 6.04 Å². The molecule has 1 aliphatic rings. The molecule has 0 aliphatic carbocycles. The molecule has 19 heavy (non-hydrogen) atoms. The van der Waals surface area contributed by atoms with E-state index in [-0.39, 0.29) is 0 Å². The van der Waals surface area contributed by atoms with Gasteiger partial charge in [-0.3, -0.25) is 4.79 Å². The molecule has 0 unspecified atom stereocenters. The van der Waals surface area contributed by atoms with Crippen LogP contribution in [0.5, 0.6) is 0 Å². The number of hydrogen-bond donors (Lipinski definition) is 1. The maximum atomic E-state index is 13.3. The van der Waals surface area contributed by atoms with Crippen LogP contribution < -0.4 is 0 Å². The Labute approximate surface area is 113 Å². The predicted octanol–water partition coefficient (Wildman–Crippen LogP) is 1.82. The summed E-state index contributed by atoms with van der Waals surface area (Å²) < 4.78 is 13.3. The van der Waals surface area contributed by atoms with Crippen LogP contribution >= 0.6 is 11.8 Å². The smallest absolute Gasteiger partial charge is 0.327 e. The molecule has 1 aromatic rings. The molecule has 100 valence electrons. The third kappa shape index (κ3) is 3.14. The first-order valence-electron chi connectivity index (χ1n) is 5.63. The second-order valence-corrected chi connectivity index (χ2v) is 5.02. The van der Waals surface area contributed by atoms with Gasteiger partial charge in [0.05, 0.1) is 5.88 Å². The van der Waals surface area contributed by atoms with Crippen LogP contribution in [0.3, 0.4) is 0 Å². The number of amides is 1. The van der Waals surface area contributed by atoms with E-state index in [1.54, 1.807) is 18.2 Å². The van der Waals surface area contributed by atoms with Gasteiger partial charge in [0.2, 0.25) is 5.91 Å². The number of carboxylic acid groups (broad SMARTS) is 1. The molecule has 1 heterocycles. The topological polar surface area (TPSA) is 57.6 Å². The fourth-order valence-electron chi connectivity index (χ4n) is 1.73. The Bertz CT molecular complexity index is 532. The average molecular weight is 281 g/mol. The Morgan fingerprint density at radius 3 is 2.84 bits per heavy atom. The van der Waals surface area contributed by atoms with Crippen LogP contribution in [-0.4, -0.2) is 39.6 Å². The SMILES string of the molecule is O=C(O)[C@@H]1CSCN1C(=O)/C=C/c1ccccc1F. The molecule has 6 heteroatoms. The predicted molar refractivity (Wildman–Crippen MR) is 71.0 cm³/mol. The zero-order valence-corrected chi connectivity index (χ0v) is 10.8. The molecule has 4 nitrogen and oxygen atoms in total. The zero-order valence-electron chi connectivity index (χ0n) is 9.95. The number of carbonyl (C=O) groups excluding carboxylic acids is 1. The summed E-state index contributed by atoms with van der Waals surface area (Å²) in [6.07, 6.45) is 2.57. The van der Waals surface area contributed by atoms with Gasteiger partial charge in [-0.15, -0.1) is 11.8 Å². The molecule has 0 saturated carbocycles. The first-order valence-corrected chi connectivity index (χ1v) is 6.79. The number of carboxylic acids is 1. The lowest BCUT2D eigenvalue weighted by atomic mass is 10.2. The van der Waals surface area contributed by atoms with E-state index in [4.69, 9.17) is 5.11 Å². The van der Waals surface area contributed by atoms with E-state index in [0.717, 1.165) is 0 Å². The van der Waals surface area contributed by atoms with E-state index in [2.05, 4.69) is 0 Å². The van der Waals surface area contributed by atoms with Gasteiger partial charge in [-0.05, 0) is 12.1 Å². The van der Waals surface area contributed by atoms with Gasteiger partial charge in [-0.2, -0.15) is 0 Å². The van der Waals surface area contributed by atoms with E-state index >= 15 is 0 Å². The molecule has 1 aliphatic heterocycles. The number of aliphatic carboxylic acids is 1. The van der Waals surface area contributed by atoms with Crippen LogP contribution in [-0.2, 0) is 9.59 Å². The molecule has 0 spiro atoms. The molecule has 0 aromatic heterocycles. The summed E-state index contributed by atoms with van der Waals surface area (Å²) >= 11 is 1.39. The molecule has 2 rings (SSSR count). The Balaban J connectivity index is 2.09. The third-order valence-corrected chi connectivity index (χ3v) is 3.77. The van der Waals surface area contributed by atoms with Crippen molar-refractivity contribution in [2.24, 2.45) is 0 Å². The average Bonchev–Trinajstić information content (AvgIpc) is 2.87. The Morgan fingerprint density at radius 2 is 2.16 bits per heavy atom. The summed E-state index contributed by atoms with van der Waals surface area (Å²) in [5.41, 5.74) is 0.301. The number of rotatable bonds is 3. The van der Waals surface area contributed by atoms with Crippen LogP contribution in [0.2, 0.25) is 0 Å². The standard InChI is InChI=1S/C13H12FNO3S/c14-10-4-2-1-3-9(10)5-6-12(16)15-8-19-7-11(15)13(17)18/h1-6,11H,7-8H2,(H,17,18)/b6-5+/t11-/m0/s1. The van der Waals surface area contributed by atoms with Gasteiger partial charge in [0.25, 0.3) is 0 Å². The lowest BCUT2D eigenvalue weighted by Gasteiger charge is -2.18. The first kappa shape index (κ1) is 13.6. The third-order valence-electron chi connectivity index (χ3n) is 2.76. The normalized spacial score (nSPS) is 19.0. The molecule has 1 N–H and O–H groups in total. The highest BCUT2D eigenvalue weighted by Crippen LogP contribution is 2.21. The zero-order chi connectivity index (χ0) is 13.8. The van der Waals surface area contributed by atoms with Crippen molar-refractivity contribution >= 4 is 29.7 Å². The van der Waals surface area contributed by atoms with Crippen LogP contribution in [0, 0.1) is 5.82 Å². The fraction of sp³-hybridized carbons (Fsp3) is 0.231. The first-order chi connectivity index (χ1) is 9.09. The summed E-state index contributed by atoms with van der Waals surface area (Å²) in [5.74, 6) is -1.12. The van der Waals surface area contributed by atoms with Crippen molar-refractivity contribution in [3.8, 4) is 0 Å². The monoisotopic (exact) mass is 281 g/mol. The van der Waals surface area contributed by atoms with E-state index in [9.17, 15) is 14.0 Å². The molecule has 1 fully saturated rings. The van der Waals surface area contributed by atoms with Gasteiger partial charge >= 0.3 is 5.97 Å². The number of carbonyl (C=O) groups is 2. The van der Waals surface area contributed by atoms with Gasteiger partial charge in [0.1, 0.15) is 11.9 Å². The maximum Gasteiger partial charge on any atom is 0.327 e. The Morgan fingerprint density at radius 1 is 1.42 bits per heavy atom. The summed E-state index contributed by atoms with van der Waals surface area (Å²) in [6.45, 7) is 0. The van der Waals surface area contributed by atoms with Gasteiger partial charge in [-0.25, -0.2) is 9.18 Å². The Hall–Kier alpha value is -1.82. The minimum absolute atomic E-state index is 0.301. The van der Waals surface area contributed by atoms with E-state index < -0.39 is 23.7 Å². The molecule has 0 bridgehead atoms. The van der Waals surface area contributed by atoms with Gasteiger partial charge in [0.15, 0.2) is 0 Å². The fourth-order valence-corrected chi connectivity index (χ4v) is 2.89. The lowest BCUT2D eigenvalue weighted by Crippen LogP contribution is -2.40. The molecule has 0 radical (unpaired) electrons. The summed E-state index contributed by atoms with van der Waals surface area (Å²) in [5, 5.41) is 8.97. The maximum absolute atomic E-state index is 13.3. The van der Waals surface area contributed by atoms with Crippen molar-refractivity contribution in [2.75, 3.05) is 11.6 Å². The molecule has 1 saturated heterocycles. The van der Waals surface area contributed by atoms with E-state index in [1.807, 2.05) is 0 Å². The van der Waals surface area contributed by atoms with Crippen LogP contribution in [0.1, 0.15) is 5.56 Å². The summed E-state index contributed by atoms with van der Waals surface area (Å²) in [4.78, 5) is 24.1. The van der Waals surface area contributed by atoms with Crippen LogP contribution in [0.15, 0.2) is 30.3 Å². The lowest BCUT2D eigenvalue weighted by molar-refractivity contribution is -0.146. The van der Waals surface area contributed by atoms with Crippen LogP contribution in [0.4, 0.5) is 4.39 Å². The minimum Gasteiger partial charge on any atom is -0.480 e. The summed E-state index contributed by atoms with van der Waals surface area (Å²) in [6, 6.07) is 5.27. The van der Waals surface area contributed by atoms with Crippen molar-refractivity contribution in [1.82, 2.24) is 4.90 Å². The molecular formula is C13H12FNO3S. The molecule has 1 atom stereocenters. The van der Waals surface area contributed by atoms with Crippen molar-refractivity contribution in [3.63, 3.8) is 0 Å². The number of hydrogen-bond acceptors (Lipinski definition) is 3. The second kappa shape index (κ2) is 5.88. The highest BCUT2D eigenvalue weighted by atomic mass is 32.2. The number of nitrogens with zero attached hydrogens (tertiary/aromatic N) is 1. The van der Waals surface area contributed by atoms with Gasteiger partial charge in [0, 0.05) is 17.4 Å². The second-order valence-electron chi connectivity index (χ2n) is 4.02. The van der Waals surface area contributed by atoms with E-state index in [1.165, 1.54) is 34.9 Å². The number of thioether (sulfide) groups is 1. The number of benzene rings is 1. The highest BCUT2D eigenvalue weighted by Gasteiger charge is 2.33. The van der Waals surface area contributed by atoms with E-state index in [0.29, 0.717) is 17.2 Å². The highest BCUT2D eigenvalue weighted by molar-refractivity contribution is 7.99. The summed E-state index contributed by atoms with van der Waals surface area (Å²) in [7, 11) is 0.